The van der Waals surface area contributed by atoms with Gasteiger partial charge in [-0.25, -0.2) is 9.59 Å². The average molecular weight is 337 g/mol. The smallest absolute Gasteiger partial charge is 0.328 e. The Morgan fingerprint density at radius 3 is 2.12 bits per heavy atom. The zero-order valence-electron chi connectivity index (χ0n) is 13.8. The number of aliphatic carboxylic acids is 2. The lowest BCUT2D eigenvalue weighted by Gasteiger charge is -2.17. The van der Waals surface area contributed by atoms with E-state index in [-0.39, 0.29) is 5.91 Å². The molecule has 0 spiro atoms. The van der Waals surface area contributed by atoms with E-state index in [0.717, 1.165) is 19.6 Å². The van der Waals surface area contributed by atoms with E-state index in [1.807, 2.05) is 6.07 Å². The molecular formula is C16H23N3O5. The van der Waals surface area contributed by atoms with Gasteiger partial charge in [0.1, 0.15) is 5.69 Å². The number of hydrogen-bond acceptors (Lipinski definition) is 5. The first-order valence-corrected chi connectivity index (χ1v) is 7.46. The third-order valence-corrected chi connectivity index (χ3v) is 2.87. The second-order valence-electron chi connectivity index (χ2n) is 4.51. The van der Waals surface area contributed by atoms with Crippen molar-refractivity contribution >= 4 is 17.8 Å². The van der Waals surface area contributed by atoms with E-state index in [1.54, 1.807) is 18.3 Å². The highest BCUT2D eigenvalue weighted by Crippen LogP contribution is 1.92. The molecule has 132 valence electrons. The van der Waals surface area contributed by atoms with Gasteiger partial charge >= 0.3 is 11.9 Å². The fourth-order valence-electron chi connectivity index (χ4n) is 1.60. The third-order valence-electron chi connectivity index (χ3n) is 2.87. The minimum Gasteiger partial charge on any atom is -0.478 e. The third kappa shape index (κ3) is 10.9. The van der Waals surface area contributed by atoms with Crippen LogP contribution in [-0.2, 0) is 9.59 Å². The summed E-state index contributed by atoms with van der Waals surface area (Å²) in [7, 11) is 0. The lowest BCUT2D eigenvalue weighted by molar-refractivity contribution is -0.134. The summed E-state index contributed by atoms with van der Waals surface area (Å²) in [6.07, 6.45) is 2.74. The fourth-order valence-corrected chi connectivity index (χ4v) is 1.60. The Balaban J connectivity index is 0.000000561. The Kier molecular flexibility index (Phi) is 11.3. The number of aromatic nitrogens is 1. The van der Waals surface area contributed by atoms with E-state index >= 15 is 0 Å². The van der Waals surface area contributed by atoms with Crippen molar-refractivity contribution in [1.82, 2.24) is 15.2 Å². The van der Waals surface area contributed by atoms with Crippen LogP contribution in [0.2, 0.25) is 0 Å². The number of carboxylic acids is 2. The van der Waals surface area contributed by atoms with Crippen LogP contribution in [0.25, 0.3) is 0 Å². The van der Waals surface area contributed by atoms with Gasteiger partial charge < -0.3 is 20.4 Å². The molecule has 1 aromatic rings. The molecule has 8 heteroatoms. The van der Waals surface area contributed by atoms with Gasteiger partial charge in [0, 0.05) is 31.4 Å². The molecule has 1 amide bonds. The Hall–Kier alpha value is -2.74. The highest BCUT2D eigenvalue weighted by atomic mass is 16.4. The molecule has 0 bridgehead atoms. The van der Waals surface area contributed by atoms with Crippen molar-refractivity contribution in [2.75, 3.05) is 26.2 Å². The summed E-state index contributed by atoms with van der Waals surface area (Å²) in [5, 5.41) is 18.5. The second-order valence-corrected chi connectivity index (χ2v) is 4.51. The summed E-state index contributed by atoms with van der Waals surface area (Å²) in [5.74, 6) is -2.62. The van der Waals surface area contributed by atoms with Gasteiger partial charge in [0.05, 0.1) is 0 Å². The van der Waals surface area contributed by atoms with Crippen LogP contribution < -0.4 is 5.32 Å². The van der Waals surface area contributed by atoms with Gasteiger partial charge in [0.15, 0.2) is 0 Å². The molecule has 0 saturated heterocycles. The van der Waals surface area contributed by atoms with E-state index < -0.39 is 11.9 Å². The van der Waals surface area contributed by atoms with Crippen LogP contribution in [0, 0.1) is 0 Å². The van der Waals surface area contributed by atoms with Crippen molar-refractivity contribution in [2.24, 2.45) is 0 Å². The first kappa shape index (κ1) is 21.3. The van der Waals surface area contributed by atoms with E-state index in [4.69, 9.17) is 10.2 Å². The largest absolute Gasteiger partial charge is 0.478 e. The van der Waals surface area contributed by atoms with Crippen LogP contribution in [-0.4, -0.2) is 64.1 Å². The molecule has 0 aliphatic carbocycles. The van der Waals surface area contributed by atoms with Crippen LogP contribution in [0.5, 0.6) is 0 Å². The molecule has 24 heavy (non-hydrogen) atoms. The number of amides is 1. The number of carbonyl (C=O) groups excluding carboxylic acids is 1. The molecule has 3 N–H and O–H groups in total. The maximum Gasteiger partial charge on any atom is 0.328 e. The molecule has 0 radical (unpaired) electrons. The summed E-state index contributed by atoms with van der Waals surface area (Å²) >= 11 is 0. The van der Waals surface area contributed by atoms with Crippen molar-refractivity contribution in [1.29, 1.82) is 0 Å². The van der Waals surface area contributed by atoms with Crippen LogP contribution in [0.4, 0.5) is 0 Å². The monoisotopic (exact) mass is 337 g/mol. The number of pyridine rings is 1. The lowest BCUT2D eigenvalue weighted by Crippen LogP contribution is -2.35. The van der Waals surface area contributed by atoms with Crippen LogP contribution in [0.15, 0.2) is 36.5 Å². The normalized spacial score (nSPS) is 10.1. The van der Waals surface area contributed by atoms with Crippen molar-refractivity contribution < 1.29 is 24.6 Å². The first-order chi connectivity index (χ1) is 11.4. The van der Waals surface area contributed by atoms with Gasteiger partial charge in [-0.1, -0.05) is 19.9 Å². The zero-order valence-corrected chi connectivity index (χ0v) is 13.8. The summed E-state index contributed by atoms with van der Waals surface area (Å²) in [5.41, 5.74) is 0.474. The molecule has 0 unspecified atom stereocenters. The lowest BCUT2D eigenvalue weighted by atomic mass is 10.3. The summed E-state index contributed by atoms with van der Waals surface area (Å²) < 4.78 is 0. The van der Waals surface area contributed by atoms with Crippen LogP contribution >= 0.6 is 0 Å². The number of nitrogens with one attached hydrogen (secondary N) is 1. The quantitative estimate of drug-likeness (QED) is 0.602. The van der Waals surface area contributed by atoms with Crippen LogP contribution in [0.3, 0.4) is 0 Å². The molecular weight excluding hydrogens is 314 g/mol. The second kappa shape index (κ2) is 12.8. The summed E-state index contributed by atoms with van der Waals surface area (Å²) in [4.78, 5) is 37.0. The summed E-state index contributed by atoms with van der Waals surface area (Å²) in [6.45, 7) is 7.79. The molecule has 0 atom stereocenters. The molecule has 1 aromatic heterocycles. The number of likely N-dealkylation sites (N-methyl/N-ethyl adjacent to an activating group) is 1. The van der Waals surface area contributed by atoms with Gasteiger partial charge in [0.25, 0.3) is 5.91 Å². The average Bonchev–Trinajstić information content (AvgIpc) is 2.58. The van der Waals surface area contributed by atoms with Crippen molar-refractivity contribution in [3.05, 3.63) is 42.2 Å². The SMILES string of the molecule is CCN(CC)CCNC(=O)c1ccccn1.O=C(O)/C=C\C(=O)O. The molecule has 0 aliphatic heterocycles. The minimum atomic E-state index is -1.26. The number of carbonyl (C=O) groups is 3. The fraction of sp³-hybridized carbons (Fsp3) is 0.375. The molecule has 0 fully saturated rings. The van der Waals surface area contributed by atoms with Crippen molar-refractivity contribution in [2.45, 2.75) is 13.8 Å². The topological polar surface area (TPSA) is 120 Å². The molecule has 0 aromatic carbocycles. The van der Waals surface area contributed by atoms with Gasteiger partial charge in [0.2, 0.25) is 0 Å². The van der Waals surface area contributed by atoms with E-state index in [2.05, 4.69) is 29.0 Å². The Labute approximate surface area is 140 Å². The van der Waals surface area contributed by atoms with Crippen molar-refractivity contribution in [3.63, 3.8) is 0 Å². The Morgan fingerprint density at radius 1 is 1.12 bits per heavy atom. The molecule has 1 rings (SSSR count). The minimum absolute atomic E-state index is 0.104. The number of rotatable bonds is 8. The van der Waals surface area contributed by atoms with Crippen molar-refractivity contribution in [3.8, 4) is 0 Å². The van der Waals surface area contributed by atoms with Gasteiger partial charge in [-0.15, -0.1) is 0 Å². The van der Waals surface area contributed by atoms with Gasteiger partial charge in [-0.05, 0) is 25.2 Å². The predicted octanol–water partition coefficient (Wildman–Crippen LogP) is 0.865. The molecule has 1 heterocycles. The van der Waals surface area contributed by atoms with Crippen LogP contribution in [0.1, 0.15) is 24.3 Å². The zero-order chi connectivity index (χ0) is 18.4. The van der Waals surface area contributed by atoms with E-state index in [1.165, 1.54) is 0 Å². The van der Waals surface area contributed by atoms with Gasteiger partial charge in [-0.2, -0.15) is 0 Å². The Morgan fingerprint density at radius 2 is 1.71 bits per heavy atom. The highest BCUT2D eigenvalue weighted by Gasteiger charge is 2.05. The van der Waals surface area contributed by atoms with E-state index in [0.29, 0.717) is 24.4 Å². The maximum atomic E-state index is 11.6. The Bertz CT molecular complexity index is 526. The maximum absolute atomic E-state index is 11.6. The highest BCUT2D eigenvalue weighted by molar-refractivity contribution is 5.92. The number of carboxylic acid groups (broad SMARTS) is 2. The predicted molar refractivity (Wildman–Crippen MR) is 88.8 cm³/mol. The summed E-state index contributed by atoms with van der Waals surface area (Å²) in [6, 6.07) is 5.33. The first-order valence-electron chi connectivity index (χ1n) is 7.46. The van der Waals surface area contributed by atoms with Gasteiger partial charge in [-0.3, -0.25) is 9.78 Å². The standard InChI is InChI=1S/C12H19N3O.C4H4O4/c1-3-15(4-2)10-9-14-12(16)11-7-5-6-8-13-11;5-3(6)1-2-4(7)8/h5-8H,3-4,9-10H2,1-2H3,(H,14,16);1-2H,(H,5,6)(H,7,8)/b;2-1-. The molecule has 8 nitrogen and oxygen atoms in total. The molecule has 0 aliphatic rings. The van der Waals surface area contributed by atoms with E-state index in [9.17, 15) is 14.4 Å². The number of hydrogen-bond donors (Lipinski definition) is 3. The molecule has 0 saturated carbocycles. The number of nitrogens with zero attached hydrogens (tertiary/aromatic N) is 2.